The van der Waals surface area contributed by atoms with Crippen LogP contribution in [0.15, 0.2) is 40.1 Å². The molecule has 0 spiro atoms. The summed E-state index contributed by atoms with van der Waals surface area (Å²) in [5, 5.41) is 4.04. The molecule has 9 nitrogen and oxygen atoms in total. The van der Waals surface area contributed by atoms with Crippen molar-refractivity contribution in [1.29, 1.82) is 0 Å². The molecule has 1 amide bonds. The fourth-order valence-corrected chi connectivity index (χ4v) is 3.08. The van der Waals surface area contributed by atoms with Crippen LogP contribution in [0.3, 0.4) is 0 Å². The normalized spacial score (nSPS) is 14.1. The Morgan fingerprint density at radius 1 is 1.31 bits per heavy atom. The molecular formula is C17H18N6O3. The van der Waals surface area contributed by atoms with Crippen molar-refractivity contribution >= 4 is 5.91 Å². The minimum absolute atomic E-state index is 0.117. The molecule has 0 fully saturated rings. The maximum Gasteiger partial charge on any atom is 0.289 e. The second-order valence-corrected chi connectivity index (χ2v) is 6.24. The highest BCUT2D eigenvalue weighted by molar-refractivity contribution is 5.91. The Hall–Kier alpha value is -3.23. The predicted octanol–water partition coefficient (Wildman–Crippen LogP) is 0.831. The summed E-state index contributed by atoms with van der Waals surface area (Å²) >= 11 is 0. The molecule has 0 N–H and O–H groups in total. The smallest absolute Gasteiger partial charge is 0.289 e. The van der Waals surface area contributed by atoms with Crippen LogP contribution in [-0.2, 0) is 19.6 Å². The van der Waals surface area contributed by atoms with Crippen LogP contribution in [-0.4, -0.2) is 41.7 Å². The van der Waals surface area contributed by atoms with Crippen molar-refractivity contribution in [3.63, 3.8) is 0 Å². The number of furan rings is 1. The van der Waals surface area contributed by atoms with Crippen molar-refractivity contribution in [2.24, 2.45) is 0 Å². The van der Waals surface area contributed by atoms with Crippen LogP contribution >= 0.6 is 0 Å². The number of carbonyl (C=O) groups excluding carboxylic acids is 1. The molecular weight excluding hydrogens is 336 g/mol. The summed E-state index contributed by atoms with van der Waals surface area (Å²) in [6.07, 6.45) is 3.69. The first-order valence-corrected chi connectivity index (χ1v) is 8.38. The summed E-state index contributed by atoms with van der Waals surface area (Å²) in [6.45, 7) is 3.49. The molecule has 0 radical (unpaired) electrons. The van der Waals surface area contributed by atoms with E-state index < -0.39 is 0 Å². The molecule has 0 unspecified atom stereocenters. The molecule has 4 rings (SSSR count). The molecule has 134 valence electrons. The molecule has 0 aromatic carbocycles. The van der Waals surface area contributed by atoms with E-state index in [1.807, 2.05) is 0 Å². The van der Waals surface area contributed by atoms with Gasteiger partial charge in [0.25, 0.3) is 11.5 Å². The van der Waals surface area contributed by atoms with Gasteiger partial charge in [-0.2, -0.15) is 5.10 Å². The molecule has 1 aliphatic heterocycles. The van der Waals surface area contributed by atoms with Crippen LogP contribution < -0.4 is 5.56 Å². The van der Waals surface area contributed by atoms with E-state index in [2.05, 4.69) is 15.1 Å². The number of carbonyl (C=O) groups is 1. The van der Waals surface area contributed by atoms with Crippen molar-refractivity contribution < 1.29 is 9.21 Å². The summed E-state index contributed by atoms with van der Waals surface area (Å²) < 4.78 is 8.68. The summed E-state index contributed by atoms with van der Waals surface area (Å²) in [7, 11) is 0. The highest BCUT2D eigenvalue weighted by Gasteiger charge is 2.24. The van der Waals surface area contributed by atoms with E-state index in [4.69, 9.17) is 4.42 Å². The molecule has 1 aliphatic rings. The number of fused-ring (bicyclic) bond motifs is 1. The maximum atomic E-state index is 12.7. The number of aryl methyl sites for hydroxylation is 1. The number of amides is 1. The van der Waals surface area contributed by atoms with E-state index in [0.29, 0.717) is 49.1 Å². The number of hydrogen-bond donors (Lipinski definition) is 0. The van der Waals surface area contributed by atoms with Gasteiger partial charge in [0.1, 0.15) is 24.2 Å². The Labute approximate surface area is 148 Å². The van der Waals surface area contributed by atoms with E-state index >= 15 is 0 Å². The minimum Gasteiger partial charge on any atom is -0.456 e. The lowest BCUT2D eigenvalue weighted by Gasteiger charge is -2.19. The van der Waals surface area contributed by atoms with E-state index in [9.17, 15) is 9.59 Å². The monoisotopic (exact) mass is 354 g/mol. The number of nitrogens with zero attached hydrogens (tertiary/aromatic N) is 6. The first kappa shape index (κ1) is 16.2. The average molecular weight is 354 g/mol. The zero-order chi connectivity index (χ0) is 18.1. The Morgan fingerprint density at radius 2 is 2.19 bits per heavy atom. The van der Waals surface area contributed by atoms with Gasteiger partial charge >= 0.3 is 0 Å². The van der Waals surface area contributed by atoms with Crippen molar-refractivity contribution in [2.75, 3.05) is 6.54 Å². The average Bonchev–Trinajstić information content (AvgIpc) is 3.22. The fraction of sp³-hybridized carbons (Fsp3) is 0.353. The lowest BCUT2D eigenvalue weighted by Crippen LogP contribution is -2.32. The molecule has 3 aromatic heterocycles. The molecule has 26 heavy (non-hydrogen) atoms. The van der Waals surface area contributed by atoms with Gasteiger partial charge in [-0.05, 0) is 25.5 Å². The van der Waals surface area contributed by atoms with Crippen molar-refractivity contribution in [2.45, 2.75) is 33.0 Å². The van der Waals surface area contributed by atoms with Crippen LogP contribution in [0.2, 0.25) is 0 Å². The zero-order valence-corrected chi connectivity index (χ0v) is 14.3. The lowest BCUT2D eigenvalue weighted by atomic mass is 10.3. The topological polar surface area (TPSA) is 99.0 Å². The van der Waals surface area contributed by atoms with Gasteiger partial charge in [0.2, 0.25) is 0 Å². The molecule has 3 aromatic rings. The van der Waals surface area contributed by atoms with Gasteiger partial charge in [0, 0.05) is 19.2 Å². The Morgan fingerprint density at radius 3 is 2.92 bits per heavy atom. The third kappa shape index (κ3) is 3.15. The van der Waals surface area contributed by atoms with Crippen LogP contribution in [0.25, 0.3) is 0 Å². The molecule has 0 aliphatic carbocycles. The Kier molecular flexibility index (Phi) is 4.11. The van der Waals surface area contributed by atoms with Gasteiger partial charge in [0.15, 0.2) is 5.76 Å². The zero-order valence-electron chi connectivity index (χ0n) is 14.3. The van der Waals surface area contributed by atoms with Gasteiger partial charge < -0.3 is 9.32 Å². The van der Waals surface area contributed by atoms with E-state index in [1.165, 1.54) is 12.4 Å². The largest absolute Gasteiger partial charge is 0.456 e. The highest BCUT2D eigenvalue weighted by atomic mass is 16.3. The summed E-state index contributed by atoms with van der Waals surface area (Å²) in [4.78, 5) is 35.3. The SMILES string of the molecule is Cc1ccc(C(=O)N2CCCn3c(nc(Cn4cncn4)cc3=O)C2)o1. The standard InChI is InChI=1S/C17H18N6O3/c1-12-3-4-14(26-12)17(25)21-5-2-6-23-15(9-21)20-13(7-16(23)24)8-22-11-18-10-19-22/h3-4,7,10-11H,2,5-6,8-9H2,1H3. The minimum atomic E-state index is -0.192. The van der Waals surface area contributed by atoms with Gasteiger partial charge in [-0.3, -0.25) is 14.2 Å². The quantitative estimate of drug-likeness (QED) is 0.691. The first-order chi connectivity index (χ1) is 12.6. The molecule has 0 atom stereocenters. The van der Waals surface area contributed by atoms with E-state index in [1.54, 1.807) is 39.5 Å². The summed E-state index contributed by atoms with van der Waals surface area (Å²) in [5.41, 5.74) is 0.475. The van der Waals surface area contributed by atoms with Crippen molar-refractivity contribution in [3.05, 3.63) is 64.2 Å². The van der Waals surface area contributed by atoms with Gasteiger partial charge in [0.05, 0.1) is 18.8 Å². The second kappa shape index (κ2) is 6.58. The lowest BCUT2D eigenvalue weighted by molar-refractivity contribution is 0.0710. The fourth-order valence-electron chi connectivity index (χ4n) is 3.08. The third-order valence-electron chi connectivity index (χ3n) is 4.31. The van der Waals surface area contributed by atoms with Crippen LogP contribution in [0.1, 0.15) is 34.3 Å². The first-order valence-electron chi connectivity index (χ1n) is 8.38. The van der Waals surface area contributed by atoms with Gasteiger partial charge in [-0.15, -0.1) is 0 Å². The van der Waals surface area contributed by atoms with Crippen LogP contribution in [0, 0.1) is 6.92 Å². The van der Waals surface area contributed by atoms with E-state index in [-0.39, 0.29) is 18.0 Å². The number of aromatic nitrogens is 5. The predicted molar refractivity (Wildman–Crippen MR) is 90.4 cm³/mol. The number of rotatable bonds is 3. The maximum absolute atomic E-state index is 12.7. The van der Waals surface area contributed by atoms with Crippen molar-refractivity contribution in [3.8, 4) is 0 Å². The van der Waals surface area contributed by atoms with Crippen molar-refractivity contribution in [1.82, 2.24) is 29.2 Å². The summed E-state index contributed by atoms with van der Waals surface area (Å²) in [6, 6.07) is 4.95. The molecule has 4 heterocycles. The third-order valence-corrected chi connectivity index (χ3v) is 4.31. The number of hydrogen-bond acceptors (Lipinski definition) is 6. The molecule has 0 saturated carbocycles. The van der Waals surface area contributed by atoms with E-state index in [0.717, 1.165) is 0 Å². The van der Waals surface area contributed by atoms with Gasteiger partial charge in [-0.1, -0.05) is 0 Å². The highest BCUT2D eigenvalue weighted by Crippen LogP contribution is 2.15. The van der Waals surface area contributed by atoms with Crippen LogP contribution in [0.4, 0.5) is 0 Å². The molecule has 0 bridgehead atoms. The second-order valence-electron chi connectivity index (χ2n) is 6.24. The Bertz CT molecular complexity index is 988. The van der Waals surface area contributed by atoms with Gasteiger partial charge in [-0.25, -0.2) is 14.6 Å². The molecule has 0 saturated heterocycles. The molecule has 9 heteroatoms. The van der Waals surface area contributed by atoms with Crippen LogP contribution in [0.5, 0.6) is 0 Å². The Balaban J connectivity index is 1.63. The summed E-state index contributed by atoms with van der Waals surface area (Å²) in [5.74, 6) is 1.37.